The summed E-state index contributed by atoms with van der Waals surface area (Å²) < 4.78 is 18.1. The van der Waals surface area contributed by atoms with Crippen LogP contribution in [0.15, 0.2) is 49.1 Å². The van der Waals surface area contributed by atoms with Crippen molar-refractivity contribution in [2.75, 3.05) is 6.61 Å². The lowest BCUT2D eigenvalue weighted by Gasteiger charge is -2.39. The molecule has 7 nitrogen and oxygen atoms in total. The monoisotopic (exact) mass is 433 g/mol. The van der Waals surface area contributed by atoms with Crippen LogP contribution in [-0.4, -0.2) is 44.1 Å². The summed E-state index contributed by atoms with van der Waals surface area (Å²) in [4.78, 5) is 22.9. The van der Waals surface area contributed by atoms with Gasteiger partial charge in [0.05, 0.1) is 23.2 Å². The number of ether oxygens (including phenoxy) is 2. The van der Waals surface area contributed by atoms with Gasteiger partial charge in [-0.1, -0.05) is 32.9 Å². The first-order valence-electron chi connectivity index (χ1n) is 9.98. The van der Waals surface area contributed by atoms with Gasteiger partial charge in [-0.2, -0.15) is 0 Å². The molecule has 1 aromatic rings. The fraction of sp³-hybridized carbons (Fsp3) is 0.500. The molecule has 8 heteroatoms. The highest BCUT2D eigenvalue weighted by atomic mass is 28.4. The van der Waals surface area contributed by atoms with Gasteiger partial charge in [0.15, 0.2) is 8.32 Å². The van der Waals surface area contributed by atoms with Gasteiger partial charge in [0.2, 0.25) is 0 Å². The number of esters is 1. The average molecular weight is 434 g/mol. The molecule has 0 N–H and O–H groups in total. The van der Waals surface area contributed by atoms with Crippen molar-refractivity contribution in [2.24, 2.45) is 0 Å². The molecule has 1 aliphatic heterocycles. The summed E-state index contributed by atoms with van der Waals surface area (Å²) in [5.41, 5.74) is 0.159. The molecule has 1 aliphatic rings. The Hall–Kier alpha value is -2.29. The van der Waals surface area contributed by atoms with Crippen LogP contribution in [0.2, 0.25) is 18.1 Å². The number of hydrogen-bond donors (Lipinski definition) is 0. The first-order valence-corrected chi connectivity index (χ1v) is 12.9. The van der Waals surface area contributed by atoms with Gasteiger partial charge in [0, 0.05) is 12.1 Å². The lowest BCUT2D eigenvalue weighted by atomic mass is 10.1. The van der Waals surface area contributed by atoms with Crippen LogP contribution in [0.5, 0.6) is 0 Å². The van der Waals surface area contributed by atoms with Gasteiger partial charge in [-0.3, -0.25) is 10.1 Å². The molecule has 0 fully saturated rings. The predicted octanol–water partition coefficient (Wildman–Crippen LogP) is 5.04. The maximum Gasteiger partial charge on any atom is 0.338 e. The molecule has 164 valence electrons. The zero-order chi connectivity index (χ0) is 22.5. The van der Waals surface area contributed by atoms with Crippen molar-refractivity contribution in [1.29, 1.82) is 0 Å². The molecule has 2 rings (SSSR count). The van der Waals surface area contributed by atoms with Crippen molar-refractivity contribution in [1.82, 2.24) is 0 Å². The minimum atomic E-state index is -2.01. The maximum atomic E-state index is 12.6. The number of nitro benzene ring substituents is 1. The number of nitro groups is 1. The maximum absolute atomic E-state index is 12.6. The second-order valence-corrected chi connectivity index (χ2v) is 13.7. The van der Waals surface area contributed by atoms with E-state index in [4.69, 9.17) is 13.9 Å². The van der Waals surface area contributed by atoms with Gasteiger partial charge in [-0.05, 0) is 42.8 Å². The molecule has 0 aromatic heterocycles. The van der Waals surface area contributed by atoms with Crippen molar-refractivity contribution >= 4 is 20.0 Å². The normalized spacial score (nSPS) is 21.8. The van der Waals surface area contributed by atoms with Crippen LogP contribution in [0.3, 0.4) is 0 Å². The second kappa shape index (κ2) is 9.68. The molecule has 0 saturated heterocycles. The van der Waals surface area contributed by atoms with Gasteiger partial charge in [0.1, 0.15) is 12.2 Å². The Morgan fingerprint density at radius 2 is 1.90 bits per heavy atom. The Morgan fingerprint density at radius 3 is 2.43 bits per heavy atom. The van der Waals surface area contributed by atoms with E-state index in [1.54, 1.807) is 6.08 Å². The molecule has 0 spiro atoms. The number of non-ortho nitro benzene ring substituents is 1. The van der Waals surface area contributed by atoms with E-state index >= 15 is 0 Å². The van der Waals surface area contributed by atoms with Crippen LogP contribution in [0.1, 0.15) is 37.6 Å². The van der Waals surface area contributed by atoms with Crippen molar-refractivity contribution in [3.05, 3.63) is 64.8 Å². The molecule has 1 heterocycles. The third-order valence-electron chi connectivity index (χ3n) is 5.60. The summed E-state index contributed by atoms with van der Waals surface area (Å²) in [5.74, 6) is -0.567. The summed E-state index contributed by atoms with van der Waals surface area (Å²) in [6, 6.07) is 5.33. The summed E-state index contributed by atoms with van der Waals surface area (Å²) in [6.45, 7) is 14.9. The Morgan fingerprint density at radius 1 is 1.27 bits per heavy atom. The summed E-state index contributed by atoms with van der Waals surface area (Å²) in [7, 11) is -2.01. The first kappa shape index (κ1) is 24.0. The predicted molar refractivity (Wildman–Crippen MR) is 118 cm³/mol. The van der Waals surface area contributed by atoms with Gasteiger partial charge in [-0.15, -0.1) is 6.58 Å². The molecule has 0 radical (unpaired) electrons. The van der Waals surface area contributed by atoms with E-state index in [-0.39, 0.29) is 22.4 Å². The minimum absolute atomic E-state index is 0.0446. The quantitative estimate of drug-likeness (QED) is 0.188. The molecule has 1 aromatic carbocycles. The van der Waals surface area contributed by atoms with E-state index in [1.165, 1.54) is 24.3 Å². The van der Waals surface area contributed by atoms with Gasteiger partial charge in [-0.25, -0.2) is 4.79 Å². The largest absolute Gasteiger partial charge is 0.452 e. The van der Waals surface area contributed by atoms with Gasteiger partial charge >= 0.3 is 5.97 Å². The van der Waals surface area contributed by atoms with E-state index < -0.39 is 31.4 Å². The number of carbonyl (C=O) groups is 1. The molecule has 0 amide bonds. The summed E-state index contributed by atoms with van der Waals surface area (Å²) in [5, 5.41) is 10.8. The third kappa shape index (κ3) is 6.10. The van der Waals surface area contributed by atoms with E-state index in [2.05, 4.69) is 40.4 Å². The average Bonchev–Trinajstić information content (AvgIpc) is 2.67. The van der Waals surface area contributed by atoms with Crippen molar-refractivity contribution in [3.8, 4) is 0 Å². The Balaban J connectivity index is 2.13. The van der Waals surface area contributed by atoms with Crippen molar-refractivity contribution < 1.29 is 23.6 Å². The summed E-state index contributed by atoms with van der Waals surface area (Å²) >= 11 is 0. The van der Waals surface area contributed by atoms with Crippen molar-refractivity contribution in [2.45, 2.75) is 63.6 Å². The Labute approximate surface area is 179 Å². The highest BCUT2D eigenvalue weighted by molar-refractivity contribution is 6.74. The number of carbonyl (C=O) groups excluding carboxylic acids is 1. The van der Waals surface area contributed by atoms with E-state index in [0.29, 0.717) is 13.0 Å². The summed E-state index contributed by atoms with van der Waals surface area (Å²) in [6.07, 6.45) is 4.90. The zero-order valence-electron chi connectivity index (χ0n) is 18.3. The lowest BCUT2D eigenvalue weighted by molar-refractivity contribution is -0.384. The molecule has 0 unspecified atom stereocenters. The van der Waals surface area contributed by atoms with E-state index in [9.17, 15) is 14.9 Å². The number of hydrogen-bond acceptors (Lipinski definition) is 6. The van der Waals surface area contributed by atoms with Crippen LogP contribution < -0.4 is 0 Å². The highest BCUT2D eigenvalue weighted by Crippen LogP contribution is 2.37. The Kier molecular flexibility index (Phi) is 7.74. The molecular weight excluding hydrogens is 402 g/mol. The van der Waals surface area contributed by atoms with E-state index in [0.717, 1.165) is 0 Å². The third-order valence-corrected chi connectivity index (χ3v) is 10.1. The molecule has 30 heavy (non-hydrogen) atoms. The number of rotatable bonds is 8. The van der Waals surface area contributed by atoms with Crippen LogP contribution in [0, 0.1) is 10.1 Å². The van der Waals surface area contributed by atoms with E-state index in [1.807, 2.05) is 12.2 Å². The van der Waals surface area contributed by atoms with Crippen LogP contribution >= 0.6 is 0 Å². The molecule has 3 atom stereocenters. The van der Waals surface area contributed by atoms with Crippen LogP contribution in [-0.2, 0) is 13.9 Å². The standard InChI is InChI=1S/C22H31NO6Si/c1-7-8-18-13-14-19(20(28-18)15-27-30(5,6)22(2,3)4)29-21(24)16-9-11-17(12-10-16)23(25)26/h7,9-14,18-20H,1,8,15H2,2-6H3/t18-,19-,20-/m1/s1. The smallest absolute Gasteiger partial charge is 0.338 e. The lowest BCUT2D eigenvalue weighted by Crippen LogP contribution is -2.47. The van der Waals surface area contributed by atoms with Gasteiger partial charge < -0.3 is 13.9 Å². The molecule has 0 saturated carbocycles. The SMILES string of the molecule is C=CC[C@@H]1C=C[C@@H](OC(=O)c2ccc([N+](=O)[O-])cc2)[C@@H](CO[Si](C)(C)C(C)(C)C)O1. The van der Waals surface area contributed by atoms with Crippen LogP contribution in [0.4, 0.5) is 5.69 Å². The minimum Gasteiger partial charge on any atom is -0.452 e. The fourth-order valence-electron chi connectivity index (χ4n) is 2.67. The Bertz CT molecular complexity index is 797. The number of benzene rings is 1. The fourth-order valence-corrected chi connectivity index (χ4v) is 3.68. The zero-order valence-corrected chi connectivity index (χ0v) is 19.3. The first-order chi connectivity index (χ1) is 13.9. The topological polar surface area (TPSA) is 87.9 Å². The van der Waals surface area contributed by atoms with Crippen molar-refractivity contribution in [3.63, 3.8) is 0 Å². The van der Waals surface area contributed by atoms with Crippen LogP contribution in [0.25, 0.3) is 0 Å². The molecule has 0 bridgehead atoms. The molecule has 0 aliphatic carbocycles. The highest BCUT2D eigenvalue weighted by Gasteiger charge is 2.39. The number of nitrogens with zero attached hydrogens (tertiary/aromatic N) is 1. The second-order valence-electron chi connectivity index (χ2n) is 8.87. The van der Waals surface area contributed by atoms with Gasteiger partial charge in [0.25, 0.3) is 5.69 Å². The molecular formula is C22H31NO6Si.